The summed E-state index contributed by atoms with van der Waals surface area (Å²) >= 11 is 1.28. The van der Waals surface area contributed by atoms with E-state index >= 15 is 0 Å². The molecule has 1 amide bonds. The third kappa shape index (κ3) is 2.74. The fourth-order valence-corrected chi connectivity index (χ4v) is 2.38. The zero-order valence-electron chi connectivity index (χ0n) is 10.6. The number of hydrogen-bond acceptors (Lipinski definition) is 8. The zero-order chi connectivity index (χ0) is 14.8. The van der Waals surface area contributed by atoms with Crippen LogP contribution in [-0.2, 0) is 6.42 Å². The third-order valence-electron chi connectivity index (χ3n) is 2.75. The van der Waals surface area contributed by atoms with E-state index in [4.69, 9.17) is 5.73 Å². The Bertz CT molecular complexity index is 798. The molecule has 2 aromatic heterocycles. The van der Waals surface area contributed by atoms with Gasteiger partial charge in [0.25, 0.3) is 5.91 Å². The van der Waals surface area contributed by atoms with E-state index in [0.717, 1.165) is 5.01 Å². The van der Waals surface area contributed by atoms with Crippen molar-refractivity contribution in [2.75, 3.05) is 12.3 Å². The van der Waals surface area contributed by atoms with Crippen molar-refractivity contribution in [1.29, 1.82) is 0 Å². The van der Waals surface area contributed by atoms with Gasteiger partial charge in [-0.25, -0.2) is 0 Å². The van der Waals surface area contributed by atoms with Crippen molar-refractivity contribution in [2.45, 2.75) is 6.42 Å². The molecule has 108 valence electrons. The summed E-state index contributed by atoms with van der Waals surface area (Å²) in [5, 5.41) is 26.2. The fraction of sp³-hybridized carbons (Fsp3) is 0.182. The van der Waals surface area contributed by atoms with Gasteiger partial charge in [-0.3, -0.25) is 9.42 Å². The molecule has 3 N–H and O–H groups in total. The van der Waals surface area contributed by atoms with Gasteiger partial charge in [0, 0.05) is 29.8 Å². The van der Waals surface area contributed by atoms with Gasteiger partial charge in [0.1, 0.15) is 5.01 Å². The lowest BCUT2D eigenvalue weighted by atomic mass is 10.2. The predicted molar refractivity (Wildman–Crippen MR) is 73.3 cm³/mol. The van der Waals surface area contributed by atoms with Crippen LogP contribution in [-0.4, -0.2) is 27.8 Å². The number of nitrogens with one attached hydrogen (secondary N) is 1. The first-order chi connectivity index (χ1) is 10.1. The number of anilines is 1. The number of hydrogen-bond donors (Lipinski definition) is 2. The van der Waals surface area contributed by atoms with Crippen molar-refractivity contribution in [3.05, 3.63) is 34.0 Å². The van der Waals surface area contributed by atoms with Crippen LogP contribution >= 0.6 is 11.3 Å². The number of aromatic nitrogens is 4. The molecule has 0 saturated heterocycles. The van der Waals surface area contributed by atoms with Gasteiger partial charge in [0.2, 0.25) is 16.2 Å². The Morgan fingerprint density at radius 3 is 3.10 bits per heavy atom. The molecule has 2 heterocycles. The first kappa shape index (κ1) is 13.2. The van der Waals surface area contributed by atoms with Crippen LogP contribution < -0.4 is 16.0 Å². The molecule has 0 bridgehead atoms. The number of fused-ring (bicyclic) bond motifs is 1. The van der Waals surface area contributed by atoms with Crippen LogP contribution in [0.5, 0.6) is 0 Å². The molecule has 3 aromatic rings. The van der Waals surface area contributed by atoms with Gasteiger partial charge in [-0.15, -0.1) is 10.2 Å². The molecule has 0 aliphatic rings. The van der Waals surface area contributed by atoms with Crippen LogP contribution in [0.15, 0.2) is 22.8 Å². The molecule has 0 aliphatic heterocycles. The van der Waals surface area contributed by atoms with E-state index in [0.29, 0.717) is 29.2 Å². The van der Waals surface area contributed by atoms with Gasteiger partial charge >= 0.3 is 0 Å². The third-order valence-corrected chi connectivity index (χ3v) is 3.57. The average molecular weight is 306 g/mol. The maximum atomic E-state index is 12.0. The number of amides is 1. The Hall–Kier alpha value is -2.75. The van der Waals surface area contributed by atoms with E-state index in [-0.39, 0.29) is 16.3 Å². The molecule has 1 aromatic carbocycles. The van der Waals surface area contributed by atoms with Gasteiger partial charge in [0.05, 0.1) is 0 Å². The summed E-state index contributed by atoms with van der Waals surface area (Å²) in [5.41, 5.74) is 6.47. The highest BCUT2D eigenvalue weighted by Gasteiger charge is 2.13. The summed E-state index contributed by atoms with van der Waals surface area (Å²) in [6.45, 7) is 0.409. The molecule has 0 atom stereocenters. The smallest absolute Gasteiger partial charge is 0.251 e. The van der Waals surface area contributed by atoms with Crippen molar-refractivity contribution in [1.82, 2.24) is 20.7 Å². The molecule has 0 saturated carbocycles. The van der Waals surface area contributed by atoms with Crippen LogP contribution in [0.25, 0.3) is 11.0 Å². The lowest BCUT2D eigenvalue weighted by Gasteiger charge is -2.02. The van der Waals surface area contributed by atoms with E-state index in [1.807, 2.05) is 0 Å². The minimum absolute atomic E-state index is 0.269. The van der Waals surface area contributed by atoms with Gasteiger partial charge < -0.3 is 16.3 Å². The lowest BCUT2D eigenvalue weighted by Crippen LogP contribution is -2.26. The van der Waals surface area contributed by atoms with Crippen LogP contribution in [0.2, 0.25) is 0 Å². The number of nitrogens with zero attached hydrogens (tertiary/aromatic N) is 4. The maximum Gasteiger partial charge on any atom is 0.251 e. The number of nitrogens with two attached hydrogens (primary N) is 1. The summed E-state index contributed by atoms with van der Waals surface area (Å²) in [6, 6.07) is 4.51. The summed E-state index contributed by atoms with van der Waals surface area (Å²) < 4.78 is 4.44. The van der Waals surface area contributed by atoms with Gasteiger partial charge in [-0.1, -0.05) is 11.3 Å². The molecular formula is C11H10N6O3S. The van der Waals surface area contributed by atoms with Gasteiger partial charge in [0.15, 0.2) is 0 Å². The van der Waals surface area contributed by atoms with Gasteiger partial charge in [-0.05, 0) is 17.0 Å². The molecule has 10 heteroatoms. The topological polar surface area (TPSA) is 134 Å². The highest BCUT2D eigenvalue weighted by Crippen LogP contribution is 2.12. The summed E-state index contributed by atoms with van der Waals surface area (Å²) in [5.74, 6) is -0.269. The van der Waals surface area contributed by atoms with Crippen LogP contribution in [0.3, 0.4) is 0 Å². The van der Waals surface area contributed by atoms with E-state index in [1.165, 1.54) is 29.5 Å². The number of benzene rings is 1. The Balaban J connectivity index is 1.63. The molecule has 0 fully saturated rings. The molecule has 0 spiro atoms. The summed E-state index contributed by atoms with van der Waals surface area (Å²) in [6.07, 6.45) is 0.549. The van der Waals surface area contributed by atoms with E-state index in [9.17, 15) is 10.0 Å². The lowest BCUT2D eigenvalue weighted by molar-refractivity contribution is -0.782. The number of carbonyl (C=O) groups is 1. The standard InChI is InChI=1S/C11H10N6O3S/c12-11-15-14-9(21-11)3-4-13-10(18)6-1-2-8-7(5-6)16-20-17(8)19/h1-2,5H,3-4H2,(H2,12,15)(H,13,18). The highest BCUT2D eigenvalue weighted by molar-refractivity contribution is 7.15. The second-order valence-corrected chi connectivity index (χ2v) is 5.27. The van der Waals surface area contributed by atoms with Crippen molar-refractivity contribution < 1.29 is 14.3 Å². The van der Waals surface area contributed by atoms with Crippen LogP contribution in [0.1, 0.15) is 15.4 Å². The first-order valence-corrected chi connectivity index (χ1v) is 6.80. The number of carbonyl (C=O) groups excluding carboxylic acids is 1. The second kappa shape index (κ2) is 5.32. The van der Waals surface area contributed by atoms with Crippen molar-refractivity contribution in [3.8, 4) is 0 Å². The quantitative estimate of drug-likeness (QED) is 0.641. The Morgan fingerprint density at radius 1 is 1.48 bits per heavy atom. The Morgan fingerprint density at radius 2 is 2.33 bits per heavy atom. The highest BCUT2D eigenvalue weighted by atomic mass is 32.1. The normalized spacial score (nSPS) is 10.9. The SMILES string of the molecule is Nc1nnc(CCNC(=O)c2ccc3c(c2)no[n+]3[O-])s1. The summed E-state index contributed by atoms with van der Waals surface area (Å²) in [4.78, 5) is 12.3. The minimum Gasteiger partial charge on any atom is -0.374 e. The molecule has 9 nitrogen and oxygen atoms in total. The van der Waals surface area contributed by atoms with E-state index in [2.05, 4.69) is 25.3 Å². The molecule has 0 radical (unpaired) electrons. The molecular weight excluding hydrogens is 296 g/mol. The molecule has 21 heavy (non-hydrogen) atoms. The van der Waals surface area contributed by atoms with Crippen molar-refractivity contribution >= 4 is 33.4 Å². The van der Waals surface area contributed by atoms with Crippen LogP contribution in [0.4, 0.5) is 5.13 Å². The Kier molecular flexibility index (Phi) is 3.36. The van der Waals surface area contributed by atoms with E-state index in [1.54, 1.807) is 0 Å². The molecule has 3 rings (SSSR count). The Labute approximate surface area is 121 Å². The van der Waals surface area contributed by atoms with Crippen LogP contribution in [0, 0.1) is 5.21 Å². The number of rotatable bonds is 4. The average Bonchev–Trinajstić information content (AvgIpc) is 3.05. The largest absolute Gasteiger partial charge is 0.374 e. The predicted octanol–water partition coefficient (Wildman–Crippen LogP) is -0.133. The fourth-order valence-electron chi connectivity index (χ4n) is 1.77. The first-order valence-electron chi connectivity index (χ1n) is 5.99. The van der Waals surface area contributed by atoms with E-state index < -0.39 is 0 Å². The molecule has 0 unspecified atom stereocenters. The monoisotopic (exact) mass is 306 g/mol. The molecule has 0 aliphatic carbocycles. The van der Waals surface area contributed by atoms with Crippen molar-refractivity contribution in [2.24, 2.45) is 0 Å². The van der Waals surface area contributed by atoms with Gasteiger partial charge in [-0.2, -0.15) is 0 Å². The summed E-state index contributed by atoms with van der Waals surface area (Å²) in [7, 11) is 0. The minimum atomic E-state index is -0.269. The number of nitrogen functional groups attached to an aromatic ring is 1. The zero-order valence-corrected chi connectivity index (χ0v) is 11.5. The van der Waals surface area contributed by atoms with Crippen molar-refractivity contribution in [3.63, 3.8) is 0 Å². The second-order valence-electron chi connectivity index (χ2n) is 4.17. The maximum absolute atomic E-state index is 12.0.